The van der Waals surface area contributed by atoms with Gasteiger partial charge in [0.2, 0.25) is 0 Å². The van der Waals surface area contributed by atoms with Crippen molar-refractivity contribution in [3.05, 3.63) is 33.7 Å². The number of aromatic nitrogens is 2. The highest BCUT2D eigenvalue weighted by Crippen LogP contribution is 2.25. The van der Waals surface area contributed by atoms with Gasteiger partial charge in [-0.05, 0) is 34.7 Å². The lowest BCUT2D eigenvalue weighted by atomic mass is 9.89. The molecule has 2 rings (SSSR count). The predicted molar refractivity (Wildman–Crippen MR) is 81.5 cm³/mol. The molecule has 0 saturated heterocycles. The third-order valence-electron chi connectivity index (χ3n) is 3.59. The third-order valence-corrected chi connectivity index (χ3v) is 4.36. The van der Waals surface area contributed by atoms with Crippen molar-refractivity contribution in [2.24, 2.45) is 5.92 Å². The van der Waals surface area contributed by atoms with Gasteiger partial charge in [-0.1, -0.05) is 25.3 Å². The predicted octanol–water partition coefficient (Wildman–Crippen LogP) is 3.18. The summed E-state index contributed by atoms with van der Waals surface area (Å²) in [5.74, 6) is 0.719. The Morgan fingerprint density at radius 2 is 2.21 bits per heavy atom. The molecule has 4 nitrogen and oxygen atoms in total. The zero-order valence-corrected chi connectivity index (χ0v) is 12.7. The average Bonchev–Trinajstić information content (AvgIpc) is 2.44. The van der Waals surface area contributed by atoms with Crippen LogP contribution in [-0.2, 0) is 6.54 Å². The number of anilines is 1. The Morgan fingerprint density at radius 1 is 1.47 bits per heavy atom. The Hall–Kier alpha value is -1.10. The van der Waals surface area contributed by atoms with Crippen molar-refractivity contribution in [1.29, 1.82) is 0 Å². The van der Waals surface area contributed by atoms with E-state index in [1.165, 1.54) is 36.8 Å². The van der Waals surface area contributed by atoms with E-state index < -0.39 is 0 Å². The molecule has 1 saturated carbocycles. The van der Waals surface area contributed by atoms with Crippen LogP contribution in [0.2, 0.25) is 0 Å². The first kappa shape index (κ1) is 14.3. The van der Waals surface area contributed by atoms with Crippen LogP contribution in [0.4, 0.5) is 5.69 Å². The van der Waals surface area contributed by atoms with Crippen LogP contribution < -0.4 is 10.9 Å². The van der Waals surface area contributed by atoms with E-state index >= 15 is 0 Å². The van der Waals surface area contributed by atoms with E-state index in [0.717, 1.165) is 18.2 Å². The number of allylic oxidation sites excluding steroid dienone is 1. The van der Waals surface area contributed by atoms with Crippen molar-refractivity contribution < 1.29 is 0 Å². The van der Waals surface area contributed by atoms with Gasteiger partial charge < -0.3 is 5.32 Å². The fraction of sp³-hybridized carbons (Fsp3) is 0.571. The fourth-order valence-corrected chi connectivity index (χ4v) is 2.93. The van der Waals surface area contributed by atoms with Crippen LogP contribution in [0.5, 0.6) is 0 Å². The first-order valence-corrected chi connectivity index (χ1v) is 7.62. The SMILES string of the molecule is C=CCn1ncc(NCC2CCCCC2)c(Br)c1=O. The fourth-order valence-electron chi connectivity index (χ4n) is 2.49. The second kappa shape index (κ2) is 6.89. The summed E-state index contributed by atoms with van der Waals surface area (Å²) in [7, 11) is 0. The molecule has 1 N–H and O–H groups in total. The van der Waals surface area contributed by atoms with Gasteiger partial charge in [-0.15, -0.1) is 6.58 Å². The van der Waals surface area contributed by atoms with E-state index in [0.29, 0.717) is 11.0 Å². The van der Waals surface area contributed by atoms with Gasteiger partial charge in [0.15, 0.2) is 0 Å². The molecule has 104 valence electrons. The van der Waals surface area contributed by atoms with Crippen LogP contribution in [0.25, 0.3) is 0 Å². The molecule has 5 heteroatoms. The summed E-state index contributed by atoms with van der Waals surface area (Å²) in [6.45, 7) is 4.97. The molecule has 0 amide bonds. The topological polar surface area (TPSA) is 46.9 Å². The van der Waals surface area contributed by atoms with Gasteiger partial charge >= 0.3 is 0 Å². The maximum absolute atomic E-state index is 12.0. The Labute approximate surface area is 122 Å². The maximum atomic E-state index is 12.0. The first-order chi connectivity index (χ1) is 9.22. The zero-order valence-electron chi connectivity index (χ0n) is 11.1. The lowest BCUT2D eigenvalue weighted by molar-refractivity contribution is 0.373. The smallest absolute Gasteiger partial charge is 0.283 e. The number of nitrogens with zero attached hydrogens (tertiary/aromatic N) is 2. The summed E-state index contributed by atoms with van der Waals surface area (Å²) < 4.78 is 1.95. The van der Waals surface area contributed by atoms with Crippen molar-refractivity contribution >= 4 is 21.6 Å². The van der Waals surface area contributed by atoms with Gasteiger partial charge in [-0.3, -0.25) is 4.79 Å². The Bertz CT molecular complexity index is 492. The van der Waals surface area contributed by atoms with E-state index in [9.17, 15) is 4.79 Å². The molecule has 1 aromatic rings. The Morgan fingerprint density at radius 3 is 2.89 bits per heavy atom. The first-order valence-electron chi connectivity index (χ1n) is 6.82. The van der Waals surface area contributed by atoms with Crippen LogP contribution in [-0.4, -0.2) is 16.3 Å². The normalized spacial score (nSPS) is 16.3. The van der Waals surface area contributed by atoms with Crippen LogP contribution in [0.15, 0.2) is 28.1 Å². The molecule has 1 aliphatic rings. The molecule has 0 aliphatic heterocycles. The largest absolute Gasteiger partial charge is 0.382 e. The summed E-state index contributed by atoms with van der Waals surface area (Å²) in [5, 5.41) is 7.48. The van der Waals surface area contributed by atoms with Gasteiger partial charge in [-0.25, -0.2) is 4.68 Å². The number of nitrogens with one attached hydrogen (secondary N) is 1. The van der Waals surface area contributed by atoms with Crippen molar-refractivity contribution in [3.8, 4) is 0 Å². The van der Waals surface area contributed by atoms with Crippen molar-refractivity contribution in [2.75, 3.05) is 11.9 Å². The molecule has 1 aromatic heterocycles. The molecule has 0 unspecified atom stereocenters. The van der Waals surface area contributed by atoms with Gasteiger partial charge in [0.25, 0.3) is 5.56 Å². The summed E-state index contributed by atoms with van der Waals surface area (Å²) in [5.41, 5.74) is 0.671. The molecule has 1 fully saturated rings. The van der Waals surface area contributed by atoms with Crippen molar-refractivity contribution in [2.45, 2.75) is 38.6 Å². The van der Waals surface area contributed by atoms with Gasteiger partial charge in [0.05, 0.1) is 18.4 Å². The quantitative estimate of drug-likeness (QED) is 0.846. The third kappa shape index (κ3) is 3.69. The number of halogens is 1. The van der Waals surface area contributed by atoms with Crippen molar-refractivity contribution in [1.82, 2.24) is 9.78 Å². The minimum atomic E-state index is -0.117. The van der Waals surface area contributed by atoms with Gasteiger partial charge in [0.1, 0.15) is 4.47 Å². The minimum Gasteiger partial charge on any atom is -0.382 e. The monoisotopic (exact) mass is 325 g/mol. The number of rotatable bonds is 5. The lowest BCUT2D eigenvalue weighted by Gasteiger charge is -2.22. The molecule has 0 bridgehead atoms. The second-order valence-corrected chi connectivity index (χ2v) is 5.83. The minimum absolute atomic E-state index is 0.117. The molecular formula is C14H20BrN3O. The molecule has 0 spiro atoms. The van der Waals surface area contributed by atoms with E-state index in [4.69, 9.17) is 0 Å². The van der Waals surface area contributed by atoms with Crippen LogP contribution in [0.1, 0.15) is 32.1 Å². The Balaban J connectivity index is 2.02. The molecule has 0 atom stereocenters. The average molecular weight is 326 g/mol. The second-order valence-electron chi connectivity index (χ2n) is 5.03. The molecule has 1 aliphatic carbocycles. The van der Waals surface area contributed by atoms with Crippen LogP contribution in [0.3, 0.4) is 0 Å². The van der Waals surface area contributed by atoms with E-state index in [2.05, 4.69) is 32.9 Å². The molecule has 1 heterocycles. The molecule has 0 aromatic carbocycles. The van der Waals surface area contributed by atoms with Gasteiger partial charge in [-0.2, -0.15) is 5.10 Å². The zero-order chi connectivity index (χ0) is 13.7. The van der Waals surface area contributed by atoms with E-state index in [1.807, 2.05) is 0 Å². The highest BCUT2D eigenvalue weighted by atomic mass is 79.9. The highest BCUT2D eigenvalue weighted by Gasteiger charge is 2.14. The van der Waals surface area contributed by atoms with E-state index in [-0.39, 0.29) is 5.56 Å². The standard InChI is InChI=1S/C14H20BrN3O/c1-2-8-18-14(19)13(15)12(10-17-18)16-9-11-6-4-3-5-7-11/h2,10-11,16H,1,3-9H2. The maximum Gasteiger partial charge on any atom is 0.283 e. The molecule has 19 heavy (non-hydrogen) atoms. The lowest BCUT2D eigenvalue weighted by Crippen LogP contribution is -2.25. The number of hydrogen-bond donors (Lipinski definition) is 1. The summed E-state index contributed by atoms with van der Waals surface area (Å²) in [6.07, 6.45) is 9.95. The van der Waals surface area contributed by atoms with Crippen molar-refractivity contribution in [3.63, 3.8) is 0 Å². The number of hydrogen-bond acceptors (Lipinski definition) is 3. The Kier molecular flexibility index (Phi) is 5.19. The molecule has 0 radical (unpaired) electrons. The van der Waals surface area contributed by atoms with Gasteiger partial charge in [0, 0.05) is 6.54 Å². The molecular weight excluding hydrogens is 306 g/mol. The highest BCUT2D eigenvalue weighted by molar-refractivity contribution is 9.10. The summed E-state index contributed by atoms with van der Waals surface area (Å²) in [4.78, 5) is 12.0. The van der Waals surface area contributed by atoms with Crippen LogP contribution in [0, 0.1) is 5.92 Å². The van der Waals surface area contributed by atoms with Crippen LogP contribution >= 0.6 is 15.9 Å². The summed E-state index contributed by atoms with van der Waals surface area (Å²) >= 11 is 3.36. The summed E-state index contributed by atoms with van der Waals surface area (Å²) in [6, 6.07) is 0. The van der Waals surface area contributed by atoms with E-state index in [1.54, 1.807) is 12.3 Å².